The van der Waals surface area contributed by atoms with Crippen molar-refractivity contribution in [1.29, 1.82) is 0 Å². The molecule has 6 heteroatoms. The van der Waals surface area contributed by atoms with Gasteiger partial charge in [0.05, 0.1) is 11.7 Å². The van der Waals surface area contributed by atoms with Crippen LogP contribution in [-0.2, 0) is 4.79 Å². The van der Waals surface area contributed by atoms with Gasteiger partial charge in [-0.25, -0.2) is 0 Å². The van der Waals surface area contributed by atoms with Gasteiger partial charge in [-0.15, -0.1) is 5.10 Å². The predicted molar refractivity (Wildman–Crippen MR) is 78.4 cm³/mol. The van der Waals surface area contributed by atoms with Crippen molar-refractivity contribution in [3.8, 4) is 0 Å². The molecule has 0 spiro atoms. The molecule has 1 atom stereocenters. The van der Waals surface area contributed by atoms with E-state index in [0.29, 0.717) is 6.04 Å². The lowest BCUT2D eigenvalue weighted by molar-refractivity contribution is -0.133. The van der Waals surface area contributed by atoms with E-state index in [1.54, 1.807) is 6.92 Å². The fourth-order valence-corrected chi connectivity index (χ4v) is 2.53. The van der Waals surface area contributed by atoms with Crippen molar-refractivity contribution in [3.05, 3.63) is 17.8 Å². The molecule has 0 bridgehead atoms. The van der Waals surface area contributed by atoms with Crippen LogP contribution in [0.1, 0.15) is 25.5 Å². The molecule has 1 saturated heterocycles. The van der Waals surface area contributed by atoms with E-state index in [1.807, 2.05) is 31.0 Å². The van der Waals surface area contributed by atoms with Gasteiger partial charge < -0.3 is 15.5 Å². The van der Waals surface area contributed by atoms with Crippen LogP contribution in [0.4, 0.5) is 5.82 Å². The zero-order valence-corrected chi connectivity index (χ0v) is 12.4. The van der Waals surface area contributed by atoms with Crippen LogP contribution in [0.5, 0.6) is 0 Å². The Morgan fingerprint density at radius 3 is 2.55 bits per heavy atom. The molecule has 0 aromatic carbocycles. The number of hydrogen-bond acceptors (Lipinski definition) is 5. The number of aryl methyl sites for hydroxylation is 1. The van der Waals surface area contributed by atoms with E-state index < -0.39 is 6.04 Å². The first-order valence-corrected chi connectivity index (χ1v) is 7.06. The second-order valence-electron chi connectivity index (χ2n) is 5.49. The van der Waals surface area contributed by atoms with Gasteiger partial charge in [0.15, 0.2) is 5.82 Å². The fourth-order valence-electron chi connectivity index (χ4n) is 2.53. The van der Waals surface area contributed by atoms with Crippen LogP contribution in [0.15, 0.2) is 12.1 Å². The van der Waals surface area contributed by atoms with Gasteiger partial charge in [0, 0.05) is 26.2 Å². The van der Waals surface area contributed by atoms with E-state index in [2.05, 4.69) is 15.1 Å². The Morgan fingerprint density at radius 2 is 2.05 bits per heavy atom. The van der Waals surface area contributed by atoms with E-state index in [1.165, 1.54) is 0 Å². The third-order valence-electron chi connectivity index (χ3n) is 3.86. The molecule has 1 aromatic rings. The highest BCUT2D eigenvalue weighted by molar-refractivity contribution is 5.81. The Bertz CT molecular complexity index is 451. The number of carbonyl (C=O) groups is 1. The van der Waals surface area contributed by atoms with Crippen molar-refractivity contribution in [2.24, 2.45) is 5.73 Å². The SMILES string of the molecule is Cc1ccc(N(C)C2CCN(C(=O)[C@@H](C)N)CC2)nn1. The summed E-state index contributed by atoms with van der Waals surface area (Å²) in [7, 11) is 2.03. The minimum Gasteiger partial charge on any atom is -0.355 e. The van der Waals surface area contributed by atoms with Gasteiger partial charge in [0.25, 0.3) is 0 Å². The van der Waals surface area contributed by atoms with Gasteiger partial charge in [0.2, 0.25) is 5.91 Å². The number of hydrogen-bond donors (Lipinski definition) is 1. The molecule has 1 amide bonds. The summed E-state index contributed by atoms with van der Waals surface area (Å²) < 4.78 is 0. The van der Waals surface area contributed by atoms with Crippen molar-refractivity contribution in [3.63, 3.8) is 0 Å². The number of carbonyl (C=O) groups excluding carboxylic acids is 1. The van der Waals surface area contributed by atoms with E-state index in [0.717, 1.165) is 37.4 Å². The number of rotatable bonds is 3. The molecule has 20 heavy (non-hydrogen) atoms. The molecule has 1 fully saturated rings. The highest BCUT2D eigenvalue weighted by Crippen LogP contribution is 2.20. The van der Waals surface area contributed by atoms with Crippen molar-refractivity contribution in [2.45, 2.75) is 38.8 Å². The van der Waals surface area contributed by atoms with E-state index in [4.69, 9.17) is 5.73 Å². The van der Waals surface area contributed by atoms with Crippen LogP contribution in [0, 0.1) is 6.92 Å². The first kappa shape index (κ1) is 14.7. The summed E-state index contributed by atoms with van der Waals surface area (Å²) in [6.07, 6.45) is 1.87. The van der Waals surface area contributed by atoms with Gasteiger partial charge in [-0.1, -0.05) is 0 Å². The average molecular weight is 277 g/mol. The van der Waals surface area contributed by atoms with Crippen LogP contribution < -0.4 is 10.6 Å². The predicted octanol–water partition coefficient (Wildman–Crippen LogP) is 0.559. The summed E-state index contributed by atoms with van der Waals surface area (Å²) in [6.45, 7) is 5.18. The number of nitrogens with zero attached hydrogens (tertiary/aromatic N) is 4. The molecule has 1 aliphatic heterocycles. The lowest BCUT2D eigenvalue weighted by Gasteiger charge is -2.37. The number of piperidine rings is 1. The summed E-state index contributed by atoms with van der Waals surface area (Å²) in [6, 6.07) is 3.94. The fraction of sp³-hybridized carbons (Fsp3) is 0.643. The number of aromatic nitrogens is 2. The topological polar surface area (TPSA) is 75.3 Å². The molecule has 0 unspecified atom stereocenters. The quantitative estimate of drug-likeness (QED) is 0.873. The van der Waals surface area contributed by atoms with Crippen LogP contribution in [0.25, 0.3) is 0 Å². The largest absolute Gasteiger partial charge is 0.355 e. The molecular weight excluding hydrogens is 254 g/mol. The van der Waals surface area contributed by atoms with E-state index in [-0.39, 0.29) is 5.91 Å². The molecule has 2 heterocycles. The summed E-state index contributed by atoms with van der Waals surface area (Å²) in [5.41, 5.74) is 6.56. The number of nitrogens with two attached hydrogens (primary N) is 1. The zero-order valence-electron chi connectivity index (χ0n) is 12.4. The number of anilines is 1. The minimum absolute atomic E-state index is 0.0428. The van der Waals surface area contributed by atoms with Gasteiger partial charge >= 0.3 is 0 Å². The molecule has 2 rings (SSSR count). The lowest BCUT2D eigenvalue weighted by atomic mass is 10.0. The second kappa shape index (κ2) is 6.17. The van der Waals surface area contributed by atoms with Gasteiger partial charge in [-0.2, -0.15) is 5.10 Å². The highest BCUT2D eigenvalue weighted by Gasteiger charge is 2.27. The van der Waals surface area contributed by atoms with Gasteiger partial charge in [0.1, 0.15) is 0 Å². The number of likely N-dealkylation sites (tertiary alicyclic amines) is 1. The van der Waals surface area contributed by atoms with E-state index in [9.17, 15) is 4.79 Å². The Hall–Kier alpha value is -1.69. The molecule has 0 aliphatic carbocycles. The molecule has 6 nitrogen and oxygen atoms in total. The number of amides is 1. The maximum atomic E-state index is 11.8. The summed E-state index contributed by atoms with van der Waals surface area (Å²) in [4.78, 5) is 15.9. The summed E-state index contributed by atoms with van der Waals surface area (Å²) in [5.74, 6) is 0.925. The monoisotopic (exact) mass is 277 g/mol. The summed E-state index contributed by atoms with van der Waals surface area (Å²) >= 11 is 0. The molecule has 2 N–H and O–H groups in total. The third kappa shape index (κ3) is 3.25. The van der Waals surface area contributed by atoms with Gasteiger partial charge in [-0.05, 0) is 38.8 Å². The maximum absolute atomic E-state index is 11.8. The minimum atomic E-state index is -0.410. The molecule has 1 aliphatic rings. The van der Waals surface area contributed by atoms with Crippen molar-refractivity contribution < 1.29 is 4.79 Å². The van der Waals surface area contributed by atoms with Crippen molar-refractivity contribution >= 4 is 11.7 Å². The molecular formula is C14H23N5O. The Morgan fingerprint density at radius 1 is 1.40 bits per heavy atom. The second-order valence-corrected chi connectivity index (χ2v) is 5.49. The summed E-state index contributed by atoms with van der Waals surface area (Å²) in [5, 5.41) is 8.30. The maximum Gasteiger partial charge on any atom is 0.239 e. The van der Waals surface area contributed by atoms with Crippen molar-refractivity contribution in [2.75, 3.05) is 25.0 Å². The van der Waals surface area contributed by atoms with Crippen molar-refractivity contribution in [1.82, 2.24) is 15.1 Å². The van der Waals surface area contributed by atoms with Crippen LogP contribution in [0.3, 0.4) is 0 Å². The molecule has 110 valence electrons. The molecule has 1 aromatic heterocycles. The first-order valence-electron chi connectivity index (χ1n) is 7.06. The standard InChI is InChI=1S/C14H23N5O/c1-10-4-5-13(17-16-10)18(3)12-6-8-19(9-7-12)14(20)11(2)15/h4-5,11-12H,6-9,15H2,1-3H3/t11-/m1/s1. The van der Waals surface area contributed by atoms with Crippen LogP contribution in [-0.4, -0.2) is 53.2 Å². The molecule has 0 radical (unpaired) electrons. The Balaban J connectivity index is 1.93. The molecule has 0 saturated carbocycles. The highest BCUT2D eigenvalue weighted by atomic mass is 16.2. The zero-order chi connectivity index (χ0) is 14.7. The first-order chi connectivity index (χ1) is 9.49. The average Bonchev–Trinajstić information content (AvgIpc) is 2.46. The normalized spacial score (nSPS) is 17.9. The smallest absolute Gasteiger partial charge is 0.239 e. The Kier molecular flexibility index (Phi) is 4.54. The van der Waals surface area contributed by atoms with Crippen LogP contribution >= 0.6 is 0 Å². The van der Waals surface area contributed by atoms with Crippen LogP contribution in [0.2, 0.25) is 0 Å². The van der Waals surface area contributed by atoms with Gasteiger partial charge in [-0.3, -0.25) is 4.79 Å². The van der Waals surface area contributed by atoms with E-state index >= 15 is 0 Å². The third-order valence-corrected chi connectivity index (χ3v) is 3.86. The lowest BCUT2D eigenvalue weighted by Crippen LogP contribution is -2.49. The Labute approximate surface area is 120 Å².